The molecule has 4 aromatic rings. The van der Waals surface area contributed by atoms with E-state index in [0.717, 1.165) is 11.3 Å². The molecule has 0 bridgehead atoms. The molecule has 34 heavy (non-hydrogen) atoms. The predicted octanol–water partition coefficient (Wildman–Crippen LogP) is 6.30. The van der Waals surface area contributed by atoms with Gasteiger partial charge in [0.25, 0.3) is 5.91 Å². The number of nitrogens with zero attached hydrogens (tertiary/aromatic N) is 1. The minimum atomic E-state index is -0.550. The van der Waals surface area contributed by atoms with Crippen LogP contribution in [0.25, 0.3) is 22.2 Å². The molecule has 0 aliphatic rings. The van der Waals surface area contributed by atoms with Crippen molar-refractivity contribution in [1.82, 2.24) is 4.98 Å². The average molecular weight is 453 g/mol. The van der Waals surface area contributed by atoms with Crippen LogP contribution in [0.2, 0.25) is 0 Å². The summed E-state index contributed by atoms with van der Waals surface area (Å²) in [5.74, 6) is -0.942. The van der Waals surface area contributed by atoms with Crippen LogP contribution in [0.4, 0.5) is 5.69 Å². The number of rotatable bonds is 5. The molecule has 0 atom stereocenters. The fraction of sp³-hybridized carbons (Fsp3) is 0.207. The van der Waals surface area contributed by atoms with E-state index in [1.165, 1.54) is 5.56 Å². The van der Waals surface area contributed by atoms with Crippen molar-refractivity contribution in [2.45, 2.75) is 33.1 Å². The normalized spacial score (nSPS) is 11.3. The number of para-hydroxylation sites is 1. The molecule has 0 saturated carbocycles. The average Bonchev–Trinajstić information content (AvgIpc) is 2.82. The van der Waals surface area contributed by atoms with Crippen LogP contribution in [0, 0.1) is 6.92 Å². The minimum absolute atomic E-state index is 0.0296. The zero-order valence-electron chi connectivity index (χ0n) is 19.9. The Morgan fingerprint density at radius 2 is 1.53 bits per heavy atom. The number of fused-ring (bicyclic) bond motifs is 1. The van der Waals surface area contributed by atoms with Crippen LogP contribution >= 0.6 is 0 Å². The van der Waals surface area contributed by atoms with Gasteiger partial charge in [-0.25, -0.2) is 9.78 Å². The van der Waals surface area contributed by atoms with Gasteiger partial charge in [0.05, 0.1) is 16.8 Å². The van der Waals surface area contributed by atoms with E-state index in [2.05, 4.69) is 26.1 Å². The molecule has 0 aliphatic heterocycles. The van der Waals surface area contributed by atoms with E-state index in [0.29, 0.717) is 27.7 Å². The fourth-order valence-electron chi connectivity index (χ4n) is 3.90. The highest BCUT2D eigenvalue weighted by atomic mass is 16.5. The molecule has 172 valence electrons. The lowest BCUT2D eigenvalue weighted by Gasteiger charge is -2.19. The SMILES string of the molecule is Cc1c(-c2ccccc2)nc2ccccc2c1C(=O)OCC(=O)Nc1ccc(C(C)(C)C)cc1. The molecule has 1 aromatic heterocycles. The maximum absolute atomic E-state index is 13.1. The largest absolute Gasteiger partial charge is 0.452 e. The number of esters is 1. The van der Waals surface area contributed by atoms with Crippen molar-refractivity contribution in [3.8, 4) is 11.3 Å². The fourth-order valence-corrected chi connectivity index (χ4v) is 3.90. The molecule has 1 heterocycles. The van der Waals surface area contributed by atoms with Crippen LogP contribution in [0.15, 0.2) is 78.9 Å². The second-order valence-corrected chi connectivity index (χ2v) is 9.30. The van der Waals surface area contributed by atoms with Crippen molar-refractivity contribution in [2.24, 2.45) is 0 Å². The highest BCUT2D eigenvalue weighted by Gasteiger charge is 2.21. The Bertz CT molecular complexity index is 1340. The number of benzene rings is 3. The van der Waals surface area contributed by atoms with Gasteiger partial charge in [0, 0.05) is 16.6 Å². The molecular weight excluding hydrogens is 424 g/mol. The van der Waals surface area contributed by atoms with Gasteiger partial charge in [-0.3, -0.25) is 4.79 Å². The Balaban J connectivity index is 1.54. The lowest BCUT2D eigenvalue weighted by molar-refractivity contribution is -0.119. The third kappa shape index (κ3) is 4.99. The first kappa shape index (κ1) is 23.2. The van der Waals surface area contributed by atoms with Crippen LogP contribution in [-0.4, -0.2) is 23.5 Å². The molecule has 1 N–H and O–H groups in total. The van der Waals surface area contributed by atoms with Crippen LogP contribution in [0.3, 0.4) is 0 Å². The molecule has 3 aromatic carbocycles. The Hall–Kier alpha value is -3.99. The van der Waals surface area contributed by atoms with Crippen LogP contribution in [-0.2, 0) is 14.9 Å². The van der Waals surface area contributed by atoms with E-state index < -0.39 is 11.9 Å². The highest BCUT2D eigenvalue weighted by Crippen LogP contribution is 2.30. The number of pyridine rings is 1. The third-order valence-corrected chi connectivity index (χ3v) is 5.76. The third-order valence-electron chi connectivity index (χ3n) is 5.76. The Morgan fingerprint density at radius 3 is 2.21 bits per heavy atom. The molecular formula is C29H28N2O3. The minimum Gasteiger partial charge on any atom is -0.452 e. The molecule has 0 fully saturated rings. The van der Waals surface area contributed by atoms with Gasteiger partial charge in [-0.1, -0.05) is 81.4 Å². The first-order valence-corrected chi connectivity index (χ1v) is 11.3. The second-order valence-electron chi connectivity index (χ2n) is 9.30. The van der Waals surface area contributed by atoms with E-state index in [9.17, 15) is 9.59 Å². The molecule has 0 unspecified atom stereocenters. The first-order chi connectivity index (χ1) is 16.2. The molecule has 0 radical (unpaired) electrons. The van der Waals surface area contributed by atoms with Gasteiger partial charge in [-0.15, -0.1) is 0 Å². The number of aromatic nitrogens is 1. The lowest BCUT2D eigenvalue weighted by Crippen LogP contribution is -2.21. The van der Waals surface area contributed by atoms with E-state index >= 15 is 0 Å². The summed E-state index contributed by atoms with van der Waals surface area (Å²) in [5, 5.41) is 3.49. The van der Waals surface area contributed by atoms with Gasteiger partial charge >= 0.3 is 5.97 Å². The second kappa shape index (κ2) is 9.48. The van der Waals surface area contributed by atoms with E-state index in [-0.39, 0.29) is 12.0 Å². The number of hydrogen-bond acceptors (Lipinski definition) is 4. The van der Waals surface area contributed by atoms with Crippen molar-refractivity contribution < 1.29 is 14.3 Å². The van der Waals surface area contributed by atoms with Crippen molar-refractivity contribution in [2.75, 3.05) is 11.9 Å². The maximum atomic E-state index is 13.1. The summed E-state index contributed by atoms with van der Waals surface area (Å²) < 4.78 is 5.44. The van der Waals surface area contributed by atoms with Crippen molar-refractivity contribution in [3.05, 3.63) is 95.6 Å². The van der Waals surface area contributed by atoms with Gasteiger partial charge < -0.3 is 10.1 Å². The number of carbonyl (C=O) groups excluding carboxylic acids is 2. The van der Waals surface area contributed by atoms with Crippen molar-refractivity contribution in [3.63, 3.8) is 0 Å². The standard InChI is InChI=1S/C29H28N2O3/c1-19-26(23-12-8-9-13-24(23)31-27(19)20-10-6-5-7-11-20)28(33)34-18-25(32)30-22-16-14-21(15-17-22)29(2,3)4/h5-17H,18H2,1-4H3,(H,30,32). The zero-order chi connectivity index (χ0) is 24.3. The molecule has 0 saturated heterocycles. The molecule has 4 rings (SSSR count). The predicted molar refractivity (Wildman–Crippen MR) is 136 cm³/mol. The van der Waals surface area contributed by atoms with Gasteiger partial charge in [0.1, 0.15) is 0 Å². The summed E-state index contributed by atoms with van der Waals surface area (Å²) >= 11 is 0. The quantitative estimate of drug-likeness (QED) is 0.361. The van der Waals surface area contributed by atoms with Crippen molar-refractivity contribution >= 4 is 28.5 Å². The Morgan fingerprint density at radius 1 is 0.882 bits per heavy atom. The smallest absolute Gasteiger partial charge is 0.339 e. The summed E-state index contributed by atoms with van der Waals surface area (Å²) in [4.78, 5) is 30.4. The van der Waals surface area contributed by atoms with Gasteiger partial charge in [0.2, 0.25) is 0 Å². The molecule has 5 nitrogen and oxygen atoms in total. The zero-order valence-corrected chi connectivity index (χ0v) is 19.9. The summed E-state index contributed by atoms with van der Waals surface area (Å²) in [6.45, 7) is 7.88. The molecule has 5 heteroatoms. The topological polar surface area (TPSA) is 68.3 Å². The van der Waals surface area contributed by atoms with E-state index in [1.807, 2.05) is 85.8 Å². The van der Waals surface area contributed by atoms with Crippen LogP contribution < -0.4 is 5.32 Å². The first-order valence-electron chi connectivity index (χ1n) is 11.3. The van der Waals surface area contributed by atoms with E-state index in [1.54, 1.807) is 0 Å². The number of amides is 1. The number of nitrogens with one attached hydrogen (secondary N) is 1. The summed E-state index contributed by atoms with van der Waals surface area (Å²) in [6.07, 6.45) is 0. The van der Waals surface area contributed by atoms with E-state index in [4.69, 9.17) is 9.72 Å². The number of ether oxygens (including phenoxy) is 1. The Kier molecular flexibility index (Phi) is 6.46. The number of anilines is 1. The molecule has 0 aliphatic carbocycles. The maximum Gasteiger partial charge on any atom is 0.339 e. The highest BCUT2D eigenvalue weighted by molar-refractivity contribution is 6.07. The number of hydrogen-bond donors (Lipinski definition) is 1. The van der Waals surface area contributed by atoms with Crippen molar-refractivity contribution in [1.29, 1.82) is 0 Å². The van der Waals surface area contributed by atoms with Crippen LogP contribution in [0.5, 0.6) is 0 Å². The molecule has 0 spiro atoms. The summed E-state index contributed by atoms with van der Waals surface area (Å²) in [6, 6.07) is 24.8. The van der Waals surface area contributed by atoms with Gasteiger partial charge in [-0.2, -0.15) is 0 Å². The Labute approximate surface area is 199 Å². The monoisotopic (exact) mass is 452 g/mol. The summed E-state index contributed by atoms with van der Waals surface area (Å²) in [5.41, 5.74) is 5.33. The lowest BCUT2D eigenvalue weighted by atomic mass is 9.87. The van der Waals surface area contributed by atoms with Gasteiger partial charge in [-0.05, 0) is 41.7 Å². The number of carbonyl (C=O) groups is 2. The van der Waals surface area contributed by atoms with Gasteiger partial charge in [0.15, 0.2) is 6.61 Å². The van der Waals surface area contributed by atoms with Crippen LogP contribution in [0.1, 0.15) is 42.3 Å². The summed E-state index contributed by atoms with van der Waals surface area (Å²) in [7, 11) is 0. The molecule has 1 amide bonds.